The number of ether oxygens (including phenoxy) is 1. The van der Waals surface area contributed by atoms with E-state index < -0.39 is 0 Å². The topological polar surface area (TPSA) is 67.6 Å². The third-order valence-corrected chi connectivity index (χ3v) is 4.01. The van der Waals surface area contributed by atoms with Crippen molar-refractivity contribution >= 4 is 30.7 Å². The van der Waals surface area contributed by atoms with Gasteiger partial charge in [-0.1, -0.05) is 19.1 Å². The Hall–Kier alpha value is -0.920. The zero-order valence-electron chi connectivity index (χ0n) is 13.7. The number of amides is 1. The highest BCUT2D eigenvalue weighted by molar-refractivity contribution is 5.85. The Labute approximate surface area is 154 Å². The van der Waals surface area contributed by atoms with Gasteiger partial charge in [0.15, 0.2) is 0 Å². The first-order valence-electron chi connectivity index (χ1n) is 7.67. The number of nitrogens with one attached hydrogen (secondary N) is 1. The van der Waals surface area contributed by atoms with E-state index in [-0.39, 0.29) is 48.5 Å². The Morgan fingerprint density at radius 2 is 1.88 bits per heavy atom. The van der Waals surface area contributed by atoms with Gasteiger partial charge in [-0.25, -0.2) is 4.39 Å². The van der Waals surface area contributed by atoms with Crippen LogP contribution in [0.5, 0.6) is 0 Å². The van der Waals surface area contributed by atoms with Crippen molar-refractivity contribution in [2.24, 2.45) is 11.7 Å². The first-order valence-corrected chi connectivity index (χ1v) is 7.67. The number of nitrogens with zero attached hydrogens (tertiary/aromatic N) is 1. The molecule has 8 heteroatoms. The van der Waals surface area contributed by atoms with Crippen molar-refractivity contribution in [2.45, 2.75) is 13.0 Å². The molecule has 2 atom stereocenters. The van der Waals surface area contributed by atoms with E-state index in [0.717, 1.165) is 18.7 Å². The third-order valence-electron chi connectivity index (χ3n) is 4.01. The zero-order chi connectivity index (χ0) is 15.9. The van der Waals surface area contributed by atoms with Gasteiger partial charge in [0, 0.05) is 32.1 Å². The molecule has 2 rings (SSSR count). The van der Waals surface area contributed by atoms with E-state index in [2.05, 4.69) is 10.2 Å². The SMILES string of the molecule is CC(CN)C(=O)NCC(c1ccc(F)cc1)N1CCOCC1.Cl.Cl. The lowest BCUT2D eigenvalue weighted by Crippen LogP contribution is -2.45. The number of hydrogen-bond donors (Lipinski definition) is 2. The zero-order valence-corrected chi connectivity index (χ0v) is 15.4. The van der Waals surface area contributed by atoms with Crippen molar-refractivity contribution in [1.29, 1.82) is 0 Å². The largest absolute Gasteiger partial charge is 0.379 e. The fraction of sp³-hybridized carbons (Fsp3) is 0.562. The number of carbonyl (C=O) groups is 1. The third kappa shape index (κ3) is 6.53. The highest BCUT2D eigenvalue weighted by Crippen LogP contribution is 2.21. The van der Waals surface area contributed by atoms with Crippen LogP contribution in [0.1, 0.15) is 18.5 Å². The highest BCUT2D eigenvalue weighted by atomic mass is 35.5. The molecule has 1 aromatic carbocycles. The fourth-order valence-corrected chi connectivity index (χ4v) is 2.51. The molecular formula is C16H26Cl2FN3O2. The van der Waals surface area contributed by atoms with E-state index in [0.29, 0.717) is 26.3 Å². The second kappa shape index (κ2) is 11.6. The van der Waals surface area contributed by atoms with Crippen molar-refractivity contribution < 1.29 is 13.9 Å². The summed E-state index contributed by atoms with van der Waals surface area (Å²) in [7, 11) is 0. The van der Waals surface area contributed by atoms with Gasteiger partial charge in [-0.05, 0) is 17.7 Å². The molecule has 1 fully saturated rings. The Kier molecular flexibility index (Phi) is 11.2. The van der Waals surface area contributed by atoms with Crippen LogP contribution in [0.2, 0.25) is 0 Å². The normalized spacial score (nSPS) is 17.1. The minimum absolute atomic E-state index is 0. The minimum atomic E-state index is -0.259. The second-order valence-corrected chi connectivity index (χ2v) is 5.60. The molecule has 138 valence electrons. The maximum Gasteiger partial charge on any atom is 0.224 e. The molecule has 2 unspecified atom stereocenters. The standard InChI is InChI=1S/C16H24FN3O2.2ClH/c1-12(10-18)16(21)19-11-15(20-6-8-22-9-7-20)13-2-4-14(17)5-3-13;;/h2-5,12,15H,6-11,18H2,1H3,(H,19,21);2*1H. The van der Waals surface area contributed by atoms with Crippen LogP contribution in [0, 0.1) is 11.7 Å². The number of benzene rings is 1. The lowest BCUT2D eigenvalue weighted by molar-refractivity contribution is -0.124. The van der Waals surface area contributed by atoms with E-state index in [1.807, 2.05) is 0 Å². The van der Waals surface area contributed by atoms with E-state index in [1.54, 1.807) is 19.1 Å². The molecule has 24 heavy (non-hydrogen) atoms. The second-order valence-electron chi connectivity index (χ2n) is 5.60. The fourth-order valence-electron chi connectivity index (χ4n) is 2.51. The van der Waals surface area contributed by atoms with Crippen LogP contribution in [0.3, 0.4) is 0 Å². The number of rotatable bonds is 6. The summed E-state index contributed by atoms with van der Waals surface area (Å²) in [5.74, 6) is -0.522. The molecule has 1 amide bonds. The van der Waals surface area contributed by atoms with Crippen LogP contribution in [-0.2, 0) is 9.53 Å². The van der Waals surface area contributed by atoms with Crippen LogP contribution < -0.4 is 11.1 Å². The van der Waals surface area contributed by atoms with Gasteiger partial charge < -0.3 is 15.8 Å². The smallest absolute Gasteiger partial charge is 0.224 e. The van der Waals surface area contributed by atoms with Crippen LogP contribution >= 0.6 is 24.8 Å². The average molecular weight is 382 g/mol. The van der Waals surface area contributed by atoms with Gasteiger partial charge in [-0.2, -0.15) is 0 Å². The van der Waals surface area contributed by atoms with Crippen molar-refractivity contribution in [3.05, 3.63) is 35.6 Å². The molecule has 3 N–H and O–H groups in total. The molecule has 0 spiro atoms. The Bertz CT molecular complexity index is 485. The van der Waals surface area contributed by atoms with Crippen LogP contribution in [0.4, 0.5) is 4.39 Å². The van der Waals surface area contributed by atoms with Gasteiger partial charge in [0.1, 0.15) is 5.82 Å². The minimum Gasteiger partial charge on any atom is -0.379 e. The molecule has 1 aromatic rings. The van der Waals surface area contributed by atoms with Gasteiger partial charge in [0.2, 0.25) is 5.91 Å². The van der Waals surface area contributed by atoms with Gasteiger partial charge in [0.25, 0.3) is 0 Å². The average Bonchev–Trinajstić information content (AvgIpc) is 2.56. The molecule has 0 bridgehead atoms. The highest BCUT2D eigenvalue weighted by Gasteiger charge is 2.23. The molecule has 0 aromatic heterocycles. The number of hydrogen-bond acceptors (Lipinski definition) is 4. The number of carbonyl (C=O) groups excluding carboxylic acids is 1. The van der Waals surface area contributed by atoms with Crippen LogP contribution in [0.25, 0.3) is 0 Å². The molecule has 5 nitrogen and oxygen atoms in total. The molecule has 1 aliphatic heterocycles. The lowest BCUT2D eigenvalue weighted by atomic mass is 10.0. The molecule has 1 aliphatic rings. The van der Waals surface area contributed by atoms with Gasteiger partial charge >= 0.3 is 0 Å². The lowest BCUT2D eigenvalue weighted by Gasteiger charge is -2.35. The van der Waals surface area contributed by atoms with Crippen molar-refractivity contribution in [3.8, 4) is 0 Å². The molecule has 0 aliphatic carbocycles. The predicted octanol–water partition coefficient (Wildman–Crippen LogP) is 1.75. The van der Waals surface area contributed by atoms with Gasteiger partial charge in [-0.15, -0.1) is 24.8 Å². The van der Waals surface area contributed by atoms with Crippen molar-refractivity contribution in [3.63, 3.8) is 0 Å². The summed E-state index contributed by atoms with van der Waals surface area (Å²) >= 11 is 0. The van der Waals surface area contributed by atoms with Crippen molar-refractivity contribution in [2.75, 3.05) is 39.4 Å². The first kappa shape index (κ1) is 23.1. The molecule has 0 radical (unpaired) electrons. The van der Waals surface area contributed by atoms with Gasteiger partial charge in [0.05, 0.1) is 19.3 Å². The summed E-state index contributed by atoms with van der Waals surface area (Å²) in [6, 6.07) is 6.46. The Morgan fingerprint density at radius 3 is 2.42 bits per heavy atom. The summed E-state index contributed by atoms with van der Waals surface area (Å²) in [4.78, 5) is 14.2. The summed E-state index contributed by atoms with van der Waals surface area (Å²) in [6.07, 6.45) is 0. The number of morpholine rings is 1. The molecule has 1 heterocycles. The summed E-state index contributed by atoms with van der Waals surface area (Å²) < 4.78 is 18.5. The first-order chi connectivity index (χ1) is 10.6. The summed E-state index contributed by atoms with van der Waals surface area (Å²) in [5.41, 5.74) is 6.51. The van der Waals surface area contributed by atoms with E-state index in [9.17, 15) is 9.18 Å². The quantitative estimate of drug-likeness (QED) is 0.787. The van der Waals surface area contributed by atoms with Crippen molar-refractivity contribution in [1.82, 2.24) is 10.2 Å². The van der Waals surface area contributed by atoms with E-state index >= 15 is 0 Å². The monoisotopic (exact) mass is 381 g/mol. The number of nitrogens with two attached hydrogens (primary N) is 1. The van der Waals surface area contributed by atoms with Crippen LogP contribution in [0.15, 0.2) is 24.3 Å². The van der Waals surface area contributed by atoms with E-state index in [4.69, 9.17) is 10.5 Å². The summed E-state index contributed by atoms with van der Waals surface area (Å²) in [6.45, 7) is 5.54. The maximum absolute atomic E-state index is 13.1. The number of halogens is 3. The molecule has 0 saturated carbocycles. The molecular weight excluding hydrogens is 356 g/mol. The maximum atomic E-state index is 13.1. The van der Waals surface area contributed by atoms with E-state index in [1.165, 1.54) is 12.1 Å². The molecule has 1 saturated heterocycles. The van der Waals surface area contributed by atoms with Gasteiger partial charge in [-0.3, -0.25) is 9.69 Å². The summed E-state index contributed by atoms with van der Waals surface area (Å²) in [5, 5.41) is 2.95. The Balaban J connectivity index is 0.00000264. The Morgan fingerprint density at radius 1 is 1.29 bits per heavy atom. The predicted molar refractivity (Wildman–Crippen MR) is 97.3 cm³/mol. The van der Waals surface area contributed by atoms with Crippen LogP contribution in [-0.4, -0.2) is 50.2 Å².